The van der Waals surface area contributed by atoms with E-state index in [1.54, 1.807) is 19.3 Å². The van der Waals surface area contributed by atoms with Crippen LogP contribution in [0, 0.1) is 6.92 Å². The van der Waals surface area contributed by atoms with E-state index in [1.165, 1.54) is 0 Å². The van der Waals surface area contributed by atoms with Crippen molar-refractivity contribution in [2.45, 2.75) is 19.8 Å². The van der Waals surface area contributed by atoms with Crippen molar-refractivity contribution in [3.8, 4) is 0 Å². The molecule has 84 valence electrons. The fraction of sp³-hybridized carbons (Fsp3) is 0.300. The molecule has 0 fully saturated rings. The highest BCUT2D eigenvalue weighted by molar-refractivity contribution is 5.88. The van der Waals surface area contributed by atoms with Crippen molar-refractivity contribution in [1.82, 2.24) is 15.2 Å². The second-order valence-electron chi connectivity index (χ2n) is 3.37. The number of hydrogen-bond acceptors (Lipinski definition) is 4. The van der Waals surface area contributed by atoms with Crippen LogP contribution >= 0.6 is 0 Å². The zero-order valence-electron chi connectivity index (χ0n) is 8.86. The third kappa shape index (κ3) is 2.69. The smallest absolute Gasteiger partial charge is 0.248 e. The van der Waals surface area contributed by atoms with Gasteiger partial charge in [-0.05, 0) is 19.1 Å². The SMILES string of the molecule is Cc1nc(NC(=O)CCc2ccco2)n[nH]1. The molecular weight excluding hydrogens is 208 g/mol. The van der Waals surface area contributed by atoms with Gasteiger partial charge in [0.25, 0.3) is 0 Å². The first-order valence-electron chi connectivity index (χ1n) is 4.95. The van der Waals surface area contributed by atoms with Crippen LogP contribution in [0.2, 0.25) is 0 Å². The first-order valence-corrected chi connectivity index (χ1v) is 4.95. The molecule has 2 N–H and O–H groups in total. The molecule has 16 heavy (non-hydrogen) atoms. The van der Waals surface area contributed by atoms with Gasteiger partial charge in [0, 0.05) is 12.8 Å². The van der Waals surface area contributed by atoms with E-state index < -0.39 is 0 Å². The van der Waals surface area contributed by atoms with Crippen molar-refractivity contribution in [1.29, 1.82) is 0 Å². The van der Waals surface area contributed by atoms with E-state index in [-0.39, 0.29) is 5.91 Å². The van der Waals surface area contributed by atoms with Crippen molar-refractivity contribution in [3.05, 3.63) is 30.0 Å². The number of amides is 1. The first kappa shape index (κ1) is 10.4. The second-order valence-corrected chi connectivity index (χ2v) is 3.37. The Bertz CT molecular complexity index is 461. The summed E-state index contributed by atoms with van der Waals surface area (Å²) in [6.07, 6.45) is 2.51. The number of carbonyl (C=O) groups is 1. The molecule has 0 aliphatic carbocycles. The Labute approximate surface area is 92.1 Å². The number of nitrogens with zero attached hydrogens (tertiary/aromatic N) is 2. The zero-order valence-corrected chi connectivity index (χ0v) is 8.86. The van der Waals surface area contributed by atoms with Gasteiger partial charge in [-0.3, -0.25) is 15.2 Å². The fourth-order valence-corrected chi connectivity index (χ4v) is 1.28. The van der Waals surface area contributed by atoms with Gasteiger partial charge < -0.3 is 4.42 Å². The monoisotopic (exact) mass is 220 g/mol. The second kappa shape index (κ2) is 4.61. The van der Waals surface area contributed by atoms with Gasteiger partial charge in [-0.2, -0.15) is 4.98 Å². The van der Waals surface area contributed by atoms with Crippen molar-refractivity contribution >= 4 is 11.9 Å². The number of aryl methyl sites for hydroxylation is 2. The van der Waals surface area contributed by atoms with Crippen LogP contribution in [0.3, 0.4) is 0 Å². The van der Waals surface area contributed by atoms with Gasteiger partial charge >= 0.3 is 0 Å². The quantitative estimate of drug-likeness (QED) is 0.812. The number of anilines is 1. The average molecular weight is 220 g/mol. The molecule has 0 aromatic carbocycles. The predicted octanol–water partition coefficient (Wildman–Crippen LogP) is 1.28. The van der Waals surface area contributed by atoms with E-state index in [0.29, 0.717) is 24.6 Å². The molecule has 0 atom stereocenters. The molecule has 6 heteroatoms. The summed E-state index contributed by atoms with van der Waals surface area (Å²) in [6, 6.07) is 3.64. The normalized spacial score (nSPS) is 10.3. The van der Waals surface area contributed by atoms with Crippen molar-refractivity contribution in [2.75, 3.05) is 5.32 Å². The van der Waals surface area contributed by atoms with E-state index in [9.17, 15) is 4.79 Å². The molecule has 0 aliphatic rings. The van der Waals surface area contributed by atoms with Gasteiger partial charge in [0.15, 0.2) is 0 Å². The first-order chi connectivity index (χ1) is 7.74. The average Bonchev–Trinajstić information content (AvgIpc) is 2.87. The molecule has 0 bridgehead atoms. The number of rotatable bonds is 4. The Morgan fingerprint density at radius 1 is 1.62 bits per heavy atom. The van der Waals surface area contributed by atoms with Crippen LogP contribution in [0.25, 0.3) is 0 Å². The van der Waals surface area contributed by atoms with Crippen LogP contribution in [0.5, 0.6) is 0 Å². The van der Waals surface area contributed by atoms with Crippen molar-refractivity contribution in [3.63, 3.8) is 0 Å². The summed E-state index contributed by atoms with van der Waals surface area (Å²) in [5.74, 6) is 1.64. The maximum atomic E-state index is 11.5. The Morgan fingerprint density at radius 3 is 3.12 bits per heavy atom. The highest BCUT2D eigenvalue weighted by Crippen LogP contribution is 2.05. The molecule has 0 saturated carbocycles. The lowest BCUT2D eigenvalue weighted by Crippen LogP contribution is -2.13. The van der Waals surface area contributed by atoms with Crippen LogP contribution in [0.4, 0.5) is 5.95 Å². The van der Waals surface area contributed by atoms with Crippen molar-refractivity contribution < 1.29 is 9.21 Å². The minimum atomic E-state index is -0.129. The summed E-state index contributed by atoms with van der Waals surface area (Å²) >= 11 is 0. The van der Waals surface area contributed by atoms with Gasteiger partial charge in [-0.25, -0.2) is 0 Å². The van der Waals surface area contributed by atoms with E-state index in [4.69, 9.17) is 4.42 Å². The number of H-pyrrole nitrogens is 1. The molecular formula is C10H12N4O2. The van der Waals surface area contributed by atoms with Gasteiger partial charge in [0.05, 0.1) is 6.26 Å². The maximum absolute atomic E-state index is 11.5. The third-order valence-corrected chi connectivity index (χ3v) is 2.03. The Kier molecular flexibility index (Phi) is 3.00. The van der Waals surface area contributed by atoms with E-state index in [0.717, 1.165) is 5.76 Å². The number of aromatic amines is 1. The zero-order chi connectivity index (χ0) is 11.4. The lowest BCUT2D eigenvalue weighted by atomic mass is 10.2. The highest BCUT2D eigenvalue weighted by atomic mass is 16.3. The predicted molar refractivity (Wildman–Crippen MR) is 56.8 cm³/mol. The highest BCUT2D eigenvalue weighted by Gasteiger charge is 2.07. The van der Waals surface area contributed by atoms with Crippen LogP contribution < -0.4 is 5.32 Å². The fourth-order valence-electron chi connectivity index (χ4n) is 1.28. The number of furan rings is 1. The molecule has 0 unspecified atom stereocenters. The number of nitrogens with one attached hydrogen (secondary N) is 2. The summed E-state index contributed by atoms with van der Waals surface area (Å²) < 4.78 is 5.12. The number of hydrogen-bond donors (Lipinski definition) is 2. The summed E-state index contributed by atoms with van der Waals surface area (Å²) in [7, 11) is 0. The summed E-state index contributed by atoms with van der Waals surface area (Å²) in [6.45, 7) is 1.77. The number of carbonyl (C=O) groups excluding carboxylic acids is 1. The molecule has 0 radical (unpaired) electrons. The lowest BCUT2D eigenvalue weighted by molar-refractivity contribution is -0.116. The maximum Gasteiger partial charge on any atom is 0.248 e. The Morgan fingerprint density at radius 2 is 2.50 bits per heavy atom. The van der Waals surface area contributed by atoms with E-state index >= 15 is 0 Å². The van der Waals surface area contributed by atoms with Crippen LogP contribution in [-0.4, -0.2) is 21.1 Å². The minimum absolute atomic E-state index is 0.129. The summed E-state index contributed by atoms with van der Waals surface area (Å²) in [4.78, 5) is 15.4. The molecule has 0 saturated heterocycles. The molecule has 2 aromatic heterocycles. The summed E-state index contributed by atoms with van der Waals surface area (Å²) in [5.41, 5.74) is 0. The molecule has 6 nitrogen and oxygen atoms in total. The number of aromatic nitrogens is 3. The largest absolute Gasteiger partial charge is 0.469 e. The lowest BCUT2D eigenvalue weighted by Gasteiger charge is -1.98. The summed E-state index contributed by atoms with van der Waals surface area (Å²) in [5, 5.41) is 9.05. The van der Waals surface area contributed by atoms with Crippen LogP contribution in [0.15, 0.2) is 22.8 Å². The van der Waals surface area contributed by atoms with Gasteiger partial charge in [0.1, 0.15) is 11.6 Å². The van der Waals surface area contributed by atoms with Crippen LogP contribution in [-0.2, 0) is 11.2 Å². The molecule has 2 rings (SSSR count). The topological polar surface area (TPSA) is 83.8 Å². The van der Waals surface area contributed by atoms with Gasteiger partial charge in [-0.1, -0.05) is 0 Å². The molecule has 2 aromatic rings. The molecule has 1 amide bonds. The molecule has 0 aliphatic heterocycles. The van der Waals surface area contributed by atoms with Crippen molar-refractivity contribution in [2.24, 2.45) is 0 Å². The van der Waals surface area contributed by atoms with Gasteiger partial charge in [0.2, 0.25) is 11.9 Å². The standard InChI is InChI=1S/C10H12N4O2/c1-7-11-10(14-13-7)12-9(15)5-4-8-3-2-6-16-8/h2-3,6H,4-5H2,1H3,(H2,11,12,13,14,15). The van der Waals surface area contributed by atoms with Crippen LogP contribution in [0.1, 0.15) is 18.0 Å². The molecule has 0 spiro atoms. The van der Waals surface area contributed by atoms with E-state index in [1.807, 2.05) is 6.07 Å². The Balaban J connectivity index is 1.81. The minimum Gasteiger partial charge on any atom is -0.469 e. The van der Waals surface area contributed by atoms with Gasteiger partial charge in [-0.15, -0.1) is 5.10 Å². The Hall–Kier alpha value is -2.11. The molecule has 2 heterocycles. The van der Waals surface area contributed by atoms with E-state index in [2.05, 4.69) is 20.5 Å². The third-order valence-electron chi connectivity index (χ3n) is 2.03.